The van der Waals surface area contributed by atoms with Crippen LogP contribution >= 0.6 is 11.6 Å². The Hall–Kier alpha value is -3.58. The average molecular weight is 434 g/mol. The highest BCUT2D eigenvalue weighted by atomic mass is 35.5. The molecule has 7 nitrogen and oxygen atoms in total. The first-order valence-electron chi connectivity index (χ1n) is 10.0. The van der Waals surface area contributed by atoms with Gasteiger partial charge in [0.15, 0.2) is 0 Å². The molecule has 0 saturated heterocycles. The van der Waals surface area contributed by atoms with Crippen molar-refractivity contribution in [2.75, 3.05) is 11.9 Å². The van der Waals surface area contributed by atoms with Gasteiger partial charge in [0, 0.05) is 48.1 Å². The van der Waals surface area contributed by atoms with Gasteiger partial charge in [-0.15, -0.1) is 0 Å². The van der Waals surface area contributed by atoms with Crippen molar-refractivity contribution in [3.05, 3.63) is 89.2 Å². The number of phenols is 1. The molecule has 1 aliphatic heterocycles. The largest absolute Gasteiger partial charge is 0.508 e. The third kappa shape index (κ3) is 3.80. The van der Waals surface area contributed by atoms with Gasteiger partial charge in [-0.1, -0.05) is 35.9 Å². The Kier molecular flexibility index (Phi) is 5.18. The van der Waals surface area contributed by atoms with Crippen LogP contribution in [0.1, 0.15) is 29.0 Å². The second kappa shape index (κ2) is 8.28. The van der Waals surface area contributed by atoms with Crippen molar-refractivity contribution in [3.63, 3.8) is 0 Å². The number of aromatic hydroxyl groups is 1. The van der Waals surface area contributed by atoms with Crippen LogP contribution in [0.3, 0.4) is 0 Å². The molecule has 0 spiro atoms. The molecule has 0 radical (unpaired) electrons. The Morgan fingerprint density at radius 2 is 2.03 bits per heavy atom. The van der Waals surface area contributed by atoms with Gasteiger partial charge >= 0.3 is 0 Å². The number of halogens is 1. The Balaban J connectivity index is 1.52. The molecular formula is C23H20ClN5O2. The van der Waals surface area contributed by atoms with Crippen LogP contribution in [0.15, 0.2) is 67.5 Å². The summed E-state index contributed by atoms with van der Waals surface area (Å²) in [5.41, 5.74) is 2.66. The van der Waals surface area contributed by atoms with Crippen LogP contribution in [0.5, 0.6) is 17.4 Å². The van der Waals surface area contributed by atoms with Crippen LogP contribution in [0.25, 0.3) is 0 Å². The molecule has 8 heteroatoms. The van der Waals surface area contributed by atoms with Crippen LogP contribution in [0.2, 0.25) is 5.02 Å². The van der Waals surface area contributed by atoms with Gasteiger partial charge in [0.05, 0.1) is 11.9 Å². The van der Waals surface area contributed by atoms with Crippen LogP contribution in [0.4, 0.5) is 5.82 Å². The van der Waals surface area contributed by atoms with Crippen molar-refractivity contribution in [2.45, 2.75) is 18.9 Å². The van der Waals surface area contributed by atoms with Gasteiger partial charge in [-0.05, 0) is 24.1 Å². The Morgan fingerprint density at radius 3 is 2.87 bits per heavy atom. The van der Waals surface area contributed by atoms with Crippen LogP contribution < -0.4 is 10.1 Å². The summed E-state index contributed by atoms with van der Waals surface area (Å²) in [5.74, 6) is 1.62. The molecule has 1 atom stereocenters. The number of anilines is 1. The van der Waals surface area contributed by atoms with Gasteiger partial charge in [-0.3, -0.25) is 0 Å². The molecule has 2 aromatic heterocycles. The van der Waals surface area contributed by atoms with E-state index in [9.17, 15) is 5.11 Å². The van der Waals surface area contributed by atoms with Gasteiger partial charge in [0.25, 0.3) is 0 Å². The SMILES string of the molecule is Oc1ccc2c(c1)Oc1ncnc(NCCCn3ccnc3)c1[C@@H]2c1ccccc1Cl. The molecule has 1 aliphatic rings. The highest BCUT2D eigenvalue weighted by molar-refractivity contribution is 6.31. The molecule has 156 valence electrons. The lowest BCUT2D eigenvalue weighted by Gasteiger charge is -2.29. The van der Waals surface area contributed by atoms with Crippen molar-refractivity contribution < 1.29 is 9.84 Å². The topological polar surface area (TPSA) is 85.1 Å². The van der Waals surface area contributed by atoms with Crippen LogP contribution in [0, 0.1) is 0 Å². The summed E-state index contributed by atoms with van der Waals surface area (Å²) in [6.07, 6.45) is 7.90. The first kappa shape index (κ1) is 19.4. The highest BCUT2D eigenvalue weighted by Gasteiger charge is 2.34. The Bertz CT molecular complexity index is 1210. The molecule has 4 aromatic rings. The highest BCUT2D eigenvalue weighted by Crippen LogP contribution is 2.50. The number of hydrogen-bond donors (Lipinski definition) is 2. The fraction of sp³-hybridized carbons (Fsp3) is 0.174. The van der Waals surface area contributed by atoms with E-state index in [2.05, 4.69) is 20.3 Å². The number of phenolic OH excluding ortho intramolecular Hbond substituents is 1. The smallest absolute Gasteiger partial charge is 0.228 e. The second-order valence-corrected chi connectivity index (χ2v) is 7.71. The maximum Gasteiger partial charge on any atom is 0.228 e. The molecular weight excluding hydrogens is 414 g/mol. The van der Waals surface area contributed by atoms with Crippen molar-refractivity contribution in [3.8, 4) is 17.4 Å². The third-order valence-electron chi connectivity index (χ3n) is 5.31. The summed E-state index contributed by atoms with van der Waals surface area (Å²) in [5, 5.41) is 14.1. The van der Waals surface area contributed by atoms with E-state index in [0.29, 0.717) is 22.5 Å². The third-order valence-corrected chi connectivity index (χ3v) is 5.66. The minimum Gasteiger partial charge on any atom is -0.508 e. The van der Waals surface area contributed by atoms with Gasteiger partial charge < -0.3 is 19.7 Å². The fourth-order valence-electron chi connectivity index (χ4n) is 3.89. The van der Waals surface area contributed by atoms with E-state index in [1.54, 1.807) is 24.7 Å². The molecule has 0 aliphatic carbocycles. The summed E-state index contributed by atoms with van der Waals surface area (Å²) < 4.78 is 8.09. The number of nitrogens with zero attached hydrogens (tertiary/aromatic N) is 4. The molecule has 2 aromatic carbocycles. The molecule has 0 unspecified atom stereocenters. The number of nitrogens with one attached hydrogen (secondary N) is 1. The van der Waals surface area contributed by atoms with E-state index < -0.39 is 0 Å². The van der Waals surface area contributed by atoms with E-state index in [1.165, 1.54) is 6.33 Å². The van der Waals surface area contributed by atoms with Crippen molar-refractivity contribution in [1.29, 1.82) is 0 Å². The van der Waals surface area contributed by atoms with Gasteiger partial charge in [-0.25, -0.2) is 15.0 Å². The van der Waals surface area contributed by atoms with Gasteiger partial charge in [-0.2, -0.15) is 0 Å². The van der Waals surface area contributed by atoms with Crippen molar-refractivity contribution in [1.82, 2.24) is 19.5 Å². The quantitative estimate of drug-likeness (QED) is 0.373. The number of fused-ring (bicyclic) bond motifs is 2. The van der Waals surface area contributed by atoms with Crippen LogP contribution in [-0.4, -0.2) is 31.2 Å². The molecule has 5 rings (SSSR count). The lowest BCUT2D eigenvalue weighted by atomic mass is 9.83. The van der Waals surface area contributed by atoms with E-state index in [1.807, 2.05) is 41.1 Å². The number of benzene rings is 2. The first-order valence-corrected chi connectivity index (χ1v) is 10.4. The molecule has 2 N–H and O–H groups in total. The second-order valence-electron chi connectivity index (χ2n) is 7.30. The Labute approximate surface area is 184 Å². The maximum absolute atomic E-state index is 9.97. The van der Waals surface area contributed by atoms with Gasteiger partial charge in [0.2, 0.25) is 5.88 Å². The number of imidazole rings is 1. The monoisotopic (exact) mass is 433 g/mol. The summed E-state index contributed by atoms with van der Waals surface area (Å²) >= 11 is 6.60. The molecule has 3 heterocycles. The number of ether oxygens (including phenoxy) is 1. The van der Waals surface area contributed by atoms with E-state index >= 15 is 0 Å². The lowest BCUT2D eigenvalue weighted by molar-refractivity contribution is 0.422. The predicted octanol–water partition coefficient (Wildman–Crippen LogP) is 4.82. The molecule has 0 fully saturated rings. The Morgan fingerprint density at radius 1 is 1.13 bits per heavy atom. The fourth-order valence-corrected chi connectivity index (χ4v) is 4.14. The normalized spacial score (nSPS) is 14.4. The average Bonchev–Trinajstić information content (AvgIpc) is 3.29. The number of aromatic nitrogens is 4. The standard InChI is InChI=1S/C23H20ClN5O2/c24-18-5-2-1-4-16(18)20-17-7-6-15(30)12-19(17)31-23-21(20)22(27-13-28-23)26-8-3-10-29-11-9-25-14-29/h1-2,4-7,9,11-14,20,30H,3,8,10H2,(H,26,27,28)/t20-/m1/s1. The van der Waals surface area contributed by atoms with E-state index in [-0.39, 0.29) is 11.7 Å². The number of rotatable bonds is 6. The first-order chi connectivity index (χ1) is 15.2. The van der Waals surface area contributed by atoms with E-state index in [4.69, 9.17) is 16.3 Å². The molecule has 31 heavy (non-hydrogen) atoms. The summed E-state index contributed by atoms with van der Waals surface area (Å²) in [6.45, 7) is 1.58. The minimum atomic E-state index is -0.231. The van der Waals surface area contributed by atoms with Crippen molar-refractivity contribution in [2.24, 2.45) is 0 Å². The molecule has 0 bridgehead atoms. The van der Waals surface area contributed by atoms with Crippen molar-refractivity contribution >= 4 is 17.4 Å². The lowest BCUT2D eigenvalue weighted by Crippen LogP contribution is -2.17. The molecule has 0 amide bonds. The zero-order valence-corrected chi connectivity index (χ0v) is 17.3. The number of hydrogen-bond acceptors (Lipinski definition) is 6. The predicted molar refractivity (Wildman–Crippen MR) is 118 cm³/mol. The zero-order valence-electron chi connectivity index (χ0n) is 16.6. The minimum absolute atomic E-state index is 0.131. The zero-order chi connectivity index (χ0) is 21.2. The maximum atomic E-state index is 9.97. The summed E-state index contributed by atoms with van der Waals surface area (Å²) in [7, 11) is 0. The number of aryl methyl sites for hydroxylation is 1. The summed E-state index contributed by atoms with van der Waals surface area (Å²) in [4.78, 5) is 13.0. The van der Waals surface area contributed by atoms with Gasteiger partial charge in [0.1, 0.15) is 23.6 Å². The summed E-state index contributed by atoms with van der Waals surface area (Å²) in [6, 6.07) is 12.8. The molecule has 0 saturated carbocycles. The van der Waals surface area contributed by atoms with E-state index in [0.717, 1.165) is 36.2 Å². The van der Waals surface area contributed by atoms with Crippen LogP contribution in [-0.2, 0) is 6.54 Å².